The fourth-order valence-electron chi connectivity index (χ4n) is 5.78. The van der Waals surface area contributed by atoms with Crippen LogP contribution in [-0.4, -0.2) is 50.7 Å². The summed E-state index contributed by atoms with van der Waals surface area (Å²) in [5, 5.41) is 5.17. The van der Waals surface area contributed by atoms with E-state index in [1.165, 1.54) is 22.4 Å². The predicted octanol–water partition coefficient (Wildman–Crippen LogP) is 5.43. The van der Waals surface area contributed by atoms with Gasteiger partial charge in [-0.15, -0.1) is 0 Å². The van der Waals surface area contributed by atoms with E-state index < -0.39 is 10.0 Å². The van der Waals surface area contributed by atoms with E-state index in [0.717, 1.165) is 35.9 Å². The summed E-state index contributed by atoms with van der Waals surface area (Å²) in [6.07, 6.45) is 11.9. The number of pyridine rings is 1. The highest BCUT2D eigenvalue weighted by molar-refractivity contribution is 7.90. The minimum atomic E-state index is -3.79. The average Bonchev–Trinajstić information content (AvgIpc) is 3.48. The van der Waals surface area contributed by atoms with E-state index in [0.29, 0.717) is 23.6 Å². The van der Waals surface area contributed by atoms with Gasteiger partial charge in [-0.1, -0.05) is 25.1 Å². The van der Waals surface area contributed by atoms with E-state index in [9.17, 15) is 8.42 Å². The summed E-state index contributed by atoms with van der Waals surface area (Å²) in [5.74, 6) is 0.430. The minimum absolute atomic E-state index is 0.245. The van der Waals surface area contributed by atoms with E-state index in [1.807, 2.05) is 25.5 Å². The Balaban J connectivity index is 1.54. The van der Waals surface area contributed by atoms with Crippen molar-refractivity contribution in [2.45, 2.75) is 69.4 Å². The van der Waals surface area contributed by atoms with Gasteiger partial charge in [0.2, 0.25) is 0 Å². The number of hydrogen-bond acceptors (Lipinski definition) is 5. The molecule has 36 heavy (non-hydrogen) atoms. The van der Waals surface area contributed by atoms with E-state index >= 15 is 0 Å². The Labute approximate surface area is 213 Å². The summed E-state index contributed by atoms with van der Waals surface area (Å²) >= 11 is 0. The second-order valence-corrected chi connectivity index (χ2v) is 11.9. The van der Waals surface area contributed by atoms with Gasteiger partial charge in [-0.25, -0.2) is 17.4 Å². The van der Waals surface area contributed by atoms with Crippen LogP contribution in [0.3, 0.4) is 0 Å². The van der Waals surface area contributed by atoms with Crippen molar-refractivity contribution >= 4 is 21.1 Å². The molecule has 0 unspecified atom stereocenters. The molecule has 190 valence electrons. The maximum absolute atomic E-state index is 13.6. The molecule has 0 atom stereocenters. The van der Waals surface area contributed by atoms with Crippen molar-refractivity contribution in [1.29, 1.82) is 0 Å². The lowest BCUT2D eigenvalue weighted by Crippen LogP contribution is -2.42. The van der Waals surface area contributed by atoms with Gasteiger partial charge in [-0.2, -0.15) is 5.10 Å². The SMILES string of the molecule is CCN(C(C)C)C1CCC(c2cnc3c(c2)c(-c2cnn(C)c2)cn3S(=O)(=O)c2ccccc2)CC1. The third-order valence-corrected chi connectivity index (χ3v) is 9.28. The Hall–Kier alpha value is -2.97. The zero-order chi connectivity index (χ0) is 25.4. The topological polar surface area (TPSA) is 73.0 Å². The standard InChI is InChI=1S/C28H35N5O2S/c1-5-32(20(2)3)24-13-11-21(12-14-24)22-15-26-27(23-17-30-31(4)18-23)19-33(28(26)29-16-22)36(34,35)25-9-7-6-8-10-25/h6-10,15-21,24H,5,11-14H2,1-4H3. The molecule has 7 nitrogen and oxygen atoms in total. The van der Waals surface area contributed by atoms with Crippen molar-refractivity contribution in [2.24, 2.45) is 7.05 Å². The molecule has 4 aromatic rings. The van der Waals surface area contributed by atoms with Gasteiger partial charge in [0.25, 0.3) is 10.0 Å². The van der Waals surface area contributed by atoms with Gasteiger partial charge in [-0.3, -0.25) is 9.58 Å². The molecule has 0 saturated heterocycles. The Kier molecular flexibility index (Phi) is 6.74. The molecule has 1 fully saturated rings. The fourth-order valence-corrected chi connectivity index (χ4v) is 7.13. The average molecular weight is 506 g/mol. The Morgan fingerprint density at radius 2 is 1.78 bits per heavy atom. The normalized spacial score (nSPS) is 18.9. The van der Waals surface area contributed by atoms with Crippen LogP contribution in [0, 0.1) is 0 Å². The maximum Gasteiger partial charge on any atom is 0.269 e. The lowest BCUT2D eigenvalue weighted by Gasteiger charge is -2.38. The first-order valence-electron chi connectivity index (χ1n) is 12.9. The number of hydrogen-bond donors (Lipinski definition) is 0. The summed E-state index contributed by atoms with van der Waals surface area (Å²) in [6, 6.07) is 11.9. The van der Waals surface area contributed by atoms with Gasteiger partial charge in [0, 0.05) is 54.2 Å². The third-order valence-electron chi connectivity index (χ3n) is 7.61. The maximum atomic E-state index is 13.6. The van der Waals surface area contributed by atoms with Crippen molar-refractivity contribution < 1.29 is 8.42 Å². The van der Waals surface area contributed by atoms with Crippen molar-refractivity contribution in [1.82, 2.24) is 23.6 Å². The molecule has 3 heterocycles. The Bertz CT molecular complexity index is 1450. The largest absolute Gasteiger partial charge is 0.298 e. The van der Waals surface area contributed by atoms with Crippen LogP contribution < -0.4 is 0 Å². The van der Waals surface area contributed by atoms with Gasteiger partial charge in [0.1, 0.15) is 0 Å². The van der Waals surface area contributed by atoms with Crippen LogP contribution in [-0.2, 0) is 17.1 Å². The van der Waals surface area contributed by atoms with Crippen LogP contribution in [0.2, 0.25) is 0 Å². The third kappa shape index (κ3) is 4.48. The number of aromatic nitrogens is 4. The van der Waals surface area contributed by atoms with E-state index in [4.69, 9.17) is 4.98 Å². The second-order valence-electron chi connectivity index (χ2n) is 10.1. The predicted molar refractivity (Wildman–Crippen MR) is 143 cm³/mol. The van der Waals surface area contributed by atoms with Gasteiger partial charge in [0.15, 0.2) is 5.65 Å². The molecule has 0 amide bonds. The highest BCUT2D eigenvalue weighted by atomic mass is 32.2. The molecule has 5 rings (SSSR count). The second kappa shape index (κ2) is 9.82. The molecule has 1 aromatic carbocycles. The molecule has 3 aromatic heterocycles. The van der Waals surface area contributed by atoms with Crippen LogP contribution in [0.1, 0.15) is 57.9 Å². The number of aryl methyl sites for hydroxylation is 1. The van der Waals surface area contributed by atoms with Crippen molar-refractivity contribution in [3.05, 3.63) is 66.7 Å². The first kappa shape index (κ1) is 24.7. The van der Waals surface area contributed by atoms with Crippen LogP contribution >= 0.6 is 0 Å². The molecular formula is C28H35N5O2S. The van der Waals surface area contributed by atoms with Gasteiger partial charge in [0.05, 0.1) is 11.1 Å². The minimum Gasteiger partial charge on any atom is -0.298 e. The van der Waals surface area contributed by atoms with Crippen molar-refractivity contribution in [2.75, 3.05) is 6.54 Å². The van der Waals surface area contributed by atoms with E-state index in [2.05, 4.69) is 36.8 Å². The number of rotatable bonds is 7. The molecule has 0 N–H and O–H groups in total. The highest BCUT2D eigenvalue weighted by Gasteiger charge is 2.29. The zero-order valence-corrected chi connectivity index (χ0v) is 22.3. The van der Waals surface area contributed by atoms with Crippen LogP contribution in [0.4, 0.5) is 0 Å². The van der Waals surface area contributed by atoms with E-state index in [-0.39, 0.29) is 4.90 Å². The summed E-state index contributed by atoms with van der Waals surface area (Å²) in [5.41, 5.74) is 3.35. The first-order chi connectivity index (χ1) is 17.3. The van der Waals surface area contributed by atoms with E-state index in [1.54, 1.807) is 41.3 Å². The van der Waals surface area contributed by atoms with Crippen LogP contribution in [0.25, 0.3) is 22.2 Å². The van der Waals surface area contributed by atoms with Crippen LogP contribution in [0.5, 0.6) is 0 Å². The van der Waals surface area contributed by atoms with Crippen molar-refractivity contribution in [3.8, 4) is 11.1 Å². The molecule has 1 saturated carbocycles. The lowest BCUT2D eigenvalue weighted by molar-refractivity contribution is 0.122. The number of fused-ring (bicyclic) bond motifs is 1. The lowest BCUT2D eigenvalue weighted by atomic mass is 9.81. The molecule has 1 aliphatic rings. The monoisotopic (exact) mass is 505 g/mol. The summed E-state index contributed by atoms with van der Waals surface area (Å²) in [7, 11) is -1.93. The first-order valence-corrected chi connectivity index (χ1v) is 14.3. The molecule has 0 bridgehead atoms. The molecule has 1 aliphatic carbocycles. The summed E-state index contributed by atoms with van der Waals surface area (Å²) < 4.78 is 30.2. The number of nitrogens with zero attached hydrogens (tertiary/aromatic N) is 5. The zero-order valence-electron chi connectivity index (χ0n) is 21.5. The fraction of sp³-hybridized carbons (Fsp3) is 0.429. The Morgan fingerprint density at radius 3 is 2.39 bits per heavy atom. The number of benzene rings is 1. The van der Waals surface area contributed by atoms with Gasteiger partial charge < -0.3 is 0 Å². The molecule has 0 radical (unpaired) electrons. The highest BCUT2D eigenvalue weighted by Crippen LogP contribution is 2.38. The molecule has 0 spiro atoms. The molecule has 0 aliphatic heterocycles. The van der Waals surface area contributed by atoms with Gasteiger partial charge in [-0.05, 0) is 75.8 Å². The van der Waals surface area contributed by atoms with Gasteiger partial charge >= 0.3 is 0 Å². The van der Waals surface area contributed by atoms with Crippen LogP contribution in [0.15, 0.2) is 66.1 Å². The quantitative estimate of drug-likeness (QED) is 0.335. The smallest absolute Gasteiger partial charge is 0.269 e. The summed E-state index contributed by atoms with van der Waals surface area (Å²) in [4.78, 5) is 7.59. The Morgan fingerprint density at radius 1 is 1.06 bits per heavy atom. The molecule has 8 heteroatoms. The summed E-state index contributed by atoms with van der Waals surface area (Å²) in [6.45, 7) is 7.89. The van der Waals surface area contributed by atoms with Crippen molar-refractivity contribution in [3.63, 3.8) is 0 Å². The molecular weight excluding hydrogens is 470 g/mol.